The Morgan fingerprint density at radius 3 is 2.07 bits per heavy atom. The third kappa shape index (κ3) is 7.31. The number of hydrogen-bond donors (Lipinski definition) is 0. The predicted octanol–water partition coefficient (Wildman–Crippen LogP) is 10.9. The van der Waals surface area contributed by atoms with Crippen LogP contribution in [-0.4, -0.2) is 53.4 Å². The average molecular weight is 832 g/mol. The molecule has 1 heterocycles. The first-order valence-corrected chi connectivity index (χ1v) is 28.2. The van der Waals surface area contributed by atoms with Crippen molar-refractivity contribution in [2.45, 2.75) is 164 Å². The summed E-state index contributed by atoms with van der Waals surface area (Å²) in [6.07, 6.45) is 18.6. The second-order valence-corrected chi connectivity index (χ2v) is 32.2. The fourth-order valence-electron chi connectivity index (χ4n) is 11.2. The number of fused-ring (bicyclic) bond motifs is 5. The van der Waals surface area contributed by atoms with E-state index in [1.165, 1.54) is 90.4 Å². The molecule has 0 aromatic heterocycles. The van der Waals surface area contributed by atoms with E-state index >= 15 is 0 Å². The van der Waals surface area contributed by atoms with Gasteiger partial charge < -0.3 is 9.47 Å². The van der Waals surface area contributed by atoms with Gasteiger partial charge in [-0.3, -0.25) is 0 Å². The number of carbonyl (C=O) groups excluding carboxylic acids is 1. The standard InChI is InChI=1S/C26H38IO4.3C4H9.Sn/c1-16(2)23(28)31-22-8-7-20-19-6-5-17-13-26(29-14-18(27)15-30-26)12-11-24(17,3)21(19)9-10-25(20,22)4;3*1-3-4-2;/h17-22H,1-2,5-15H2,3-4H3;3*1,3-4H2,2H3;/t17-,18?,19-,20-,21-,22-,24-,25-,26?;;;;/m0..../s1. The summed E-state index contributed by atoms with van der Waals surface area (Å²) in [6, 6.07) is 0. The number of ether oxygens (including phenoxy) is 3. The third-order valence-electron chi connectivity index (χ3n) is 13.9. The van der Waals surface area contributed by atoms with Crippen LogP contribution in [0.25, 0.3) is 0 Å². The molecular formula is C38H65IO4Sn. The monoisotopic (exact) mass is 832 g/mol. The molecule has 0 aromatic carbocycles. The molecule has 1 aliphatic heterocycles. The summed E-state index contributed by atoms with van der Waals surface area (Å²) < 4.78 is 25.1. The maximum Gasteiger partial charge on any atom is 0.0641 e. The van der Waals surface area contributed by atoms with Gasteiger partial charge in [0, 0.05) is 0 Å². The summed E-state index contributed by atoms with van der Waals surface area (Å²) in [5.41, 5.74) is 1.34. The summed E-state index contributed by atoms with van der Waals surface area (Å²) in [5.74, 6) is 2.57. The number of alkyl halides is 1. The van der Waals surface area contributed by atoms with Crippen LogP contribution in [0.2, 0.25) is 17.7 Å². The maximum atomic E-state index is 13.8. The number of esters is 1. The Hall–Kier alpha value is 0.659. The van der Waals surface area contributed by atoms with Crippen LogP contribution in [0.1, 0.15) is 131 Å². The van der Waals surface area contributed by atoms with Crippen molar-refractivity contribution in [1.29, 1.82) is 0 Å². The van der Waals surface area contributed by atoms with Crippen molar-refractivity contribution in [3.63, 3.8) is 0 Å². The molecule has 5 rings (SSSR count). The zero-order chi connectivity index (χ0) is 31.6. The Balaban J connectivity index is 1.22. The Bertz CT molecular complexity index is 972. The van der Waals surface area contributed by atoms with Gasteiger partial charge in [-0.1, -0.05) is 22.6 Å². The van der Waals surface area contributed by atoms with E-state index in [4.69, 9.17) is 14.2 Å². The van der Waals surface area contributed by atoms with Crippen molar-refractivity contribution in [1.82, 2.24) is 0 Å². The Morgan fingerprint density at radius 2 is 1.45 bits per heavy atom. The van der Waals surface area contributed by atoms with Crippen LogP contribution in [0.5, 0.6) is 0 Å². The Labute approximate surface area is 288 Å². The van der Waals surface area contributed by atoms with Crippen molar-refractivity contribution < 1.29 is 19.0 Å². The summed E-state index contributed by atoms with van der Waals surface area (Å²) >= 11 is -0.0278. The van der Waals surface area contributed by atoms with E-state index in [-0.39, 0.29) is 23.3 Å². The normalized spacial score (nSPS) is 40.2. The molecule has 4 nitrogen and oxygen atoms in total. The van der Waals surface area contributed by atoms with Gasteiger partial charge in [0.15, 0.2) is 5.79 Å². The van der Waals surface area contributed by atoms with Gasteiger partial charge in [0.2, 0.25) is 0 Å². The van der Waals surface area contributed by atoms with Crippen molar-refractivity contribution in [3.8, 4) is 0 Å². The third-order valence-corrected chi connectivity index (χ3v) is 30.1. The van der Waals surface area contributed by atoms with E-state index in [0.717, 1.165) is 54.3 Å². The van der Waals surface area contributed by atoms with Crippen molar-refractivity contribution in [2.24, 2.45) is 34.5 Å². The molecule has 0 unspecified atom stereocenters. The van der Waals surface area contributed by atoms with E-state index in [0.29, 0.717) is 21.2 Å². The number of halogens is 1. The van der Waals surface area contributed by atoms with Gasteiger partial charge in [-0.15, -0.1) is 0 Å². The molecule has 5 aliphatic rings. The first-order valence-electron chi connectivity index (χ1n) is 18.8. The predicted molar refractivity (Wildman–Crippen MR) is 193 cm³/mol. The summed E-state index contributed by atoms with van der Waals surface area (Å²) in [7, 11) is 0. The molecule has 44 heavy (non-hydrogen) atoms. The zero-order valence-electron chi connectivity index (χ0n) is 29.0. The smallest absolute Gasteiger partial charge is 0.0641 e. The Kier molecular flexibility index (Phi) is 12.3. The first kappa shape index (κ1) is 36.0. The number of hydrogen-bond acceptors (Lipinski definition) is 4. The van der Waals surface area contributed by atoms with Gasteiger partial charge in [-0.05, 0) is 0 Å². The van der Waals surface area contributed by atoms with Crippen LogP contribution >= 0.6 is 22.6 Å². The van der Waals surface area contributed by atoms with Gasteiger partial charge in [0.1, 0.15) is 0 Å². The van der Waals surface area contributed by atoms with Gasteiger partial charge in [-0.25, -0.2) is 0 Å². The van der Waals surface area contributed by atoms with Gasteiger partial charge in [-0.2, -0.15) is 0 Å². The van der Waals surface area contributed by atoms with Crippen LogP contribution in [0.3, 0.4) is 0 Å². The van der Waals surface area contributed by atoms with E-state index in [2.05, 4.69) is 63.8 Å². The maximum absolute atomic E-state index is 13.8. The van der Waals surface area contributed by atoms with E-state index < -0.39 is 18.4 Å². The topological polar surface area (TPSA) is 44.8 Å². The molecule has 7 atom stereocenters. The second kappa shape index (κ2) is 15.0. The van der Waals surface area contributed by atoms with E-state index in [1.807, 2.05) is 0 Å². The molecule has 0 radical (unpaired) electrons. The molecule has 252 valence electrons. The minimum absolute atomic E-state index is 0.0426. The quantitative estimate of drug-likeness (QED) is 0.0610. The van der Waals surface area contributed by atoms with Gasteiger partial charge in [0.05, 0.1) is 17.1 Å². The largest absolute Gasteiger partial charge is 0.349 e. The van der Waals surface area contributed by atoms with E-state index in [9.17, 15) is 4.79 Å². The zero-order valence-corrected chi connectivity index (χ0v) is 34.0. The summed E-state index contributed by atoms with van der Waals surface area (Å²) in [5, 5.41) is 0. The fraction of sp³-hybridized carbons (Fsp3) is 0.921. The molecule has 1 spiro atoms. The fourth-order valence-corrected chi connectivity index (χ4v) is 27.7. The summed E-state index contributed by atoms with van der Waals surface area (Å²) in [4.78, 5) is 13.8. The Morgan fingerprint density at radius 1 is 0.841 bits per heavy atom. The number of rotatable bonds is 13. The van der Waals surface area contributed by atoms with Crippen LogP contribution in [0, 0.1) is 34.5 Å². The average Bonchev–Trinajstić information content (AvgIpc) is 3.35. The van der Waals surface area contributed by atoms with Crippen LogP contribution in [-0.2, 0) is 19.0 Å². The molecule has 0 amide bonds. The van der Waals surface area contributed by atoms with Crippen molar-refractivity contribution in [3.05, 3.63) is 12.2 Å². The van der Waals surface area contributed by atoms with Crippen molar-refractivity contribution >= 4 is 46.9 Å². The SMILES string of the molecule is C=C([CH2][Sn]([CH2]CCC)([CH2]CCC)[CH2]CCC)C(=O)O[C@H]1CC[C@H]2[C@@H]3CC[C@H]4CC5(CC[C@]4(C)[C@H]3CC[C@]12C)OCC(I)CO5. The molecule has 0 N–H and O–H groups in total. The molecule has 5 fully saturated rings. The van der Waals surface area contributed by atoms with E-state index in [1.54, 1.807) is 0 Å². The molecule has 1 saturated heterocycles. The molecule has 4 saturated carbocycles. The van der Waals surface area contributed by atoms with Crippen LogP contribution < -0.4 is 0 Å². The molecule has 0 aromatic rings. The molecule has 6 heteroatoms. The molecule has 4 aliphatic carbocycles. The summed E-state index contributed by atoms with van der Waals surface area (Å²) in [6.45, 7) is 18.2. The first-order chi connectivity index (χ1) is 21.0. The van der Waals surface area contributed by atoms with Crippen LogP contribution in [0.4, 0.5) is 0 Å². The minimum Gasteiger partial charge on any atom is -0.349 e. The van der Waals surface area contributed by atoms with Gasteiger partial charge >= 0.3 is 235 Å². The number of carbonyl (C=O) groups is 1. The minimum atomic E-state index is -2.49. The van der Waals surface area contributed by atoms with Crippen LogP contribution in [0.15, 0.2) is 12.2 Å². The molecule has 0 bridgehead atoms. The molecular weight excluding hydrogens is 766 g/mol. The van der Waals surface area contributed by atoms with Gasteiger partial charge in [0.25, 0.3) is 0 Å². The number of unbranched alkanes of at least 4 members (excludes halogenated alkanes) is 3. The van der Waals surface area contributed by atoms with Crippen molar-refractivity contribution in [2.75, 3.05) is 13.2 Å². The second-order valence-electron chi connectivity index (χ2n) is 16.6.